The Morgan fingerprint density at radius 3 is 2.67 bits per heavy atom. The first-order valence-corrected chi connectivity index (χ1v) is 13.6. The Kier molecular flexibility index (Phi) is 7.47. The fourth-order valence-electron chi connectivity index (χ4n) is 6.77. The zero-order chi connectivity index (χ0) is 25.3. The molecule has 8 nitrogen and oxygen atoms in total. The van der Waals surface area contributed by atoms with Gasteiger partial charge in [0.15, 0.2) is 0 Å². The normalized spacial score (nSPS) is 22.7. The summed E-state index contributed by atoms with van der Waals surface area (Å²) in [5.74, 6) is 1.54. The van der Waals surface area contributed by atoms with E-state index in [1.165, 1.54) is 10.9 Å². The first-order valence-electron chi connectivity index (χ1n) is 13.6. The molecular formula is C28H42N4O4. The number of aliphatic hydroxyl groups is 1. The van der Waals surface area contributed by atoms with Crippen LogP contribution in [0.25, 0.3) is 10.9 Å². The van der Waals surface area contributed by atoms with E-state index >= 15 is 0 Å². The van der Waals surface area contributed by atoms with E-state index in [9.17, 15) is 9.90 Å². The highest BCUT2D eigenvalue weighted by Gasteiger charge is 2.49. The Balaban J connectivity index is 1.52. The molecule has 0 aliphatic carbocycles. The lowest BCUT2D eigenvalue weighted by Crippen LogP contribution is -2.57. The molecule has 4 heterocycles. The number of ether oxygens (including phenoxy) is 2. The number of amides is 2. The van der Waals surface area contributed by atoms with E-state index in [2.05, 4.69) is 40.9 Å². The Hall–Kier alpha value is -2.29. The number of benzene rings is 1. The SMILES string of the molecule is CCCNC(=O)N1CC2(CCN(CC3CCOCC3)CC2)c2c(n(C)c3cc(OC)ccc23)[C@H]1CO. The molecule has 0 radical (unpaired) electrons. The molecular weight excluding hydrogens is 456 g/mol. The van der Waals surface area contributed by atoms with Crippen molar-refractivity contribution in [2.24, 2.45) is 13.0 Å². The van der Waals surface area contributed by atoms with Crippen molar-refractivity contribution in [3.63, 3.8) is 0 Å². The zero-order valence-corrected chi connectivity index (χ0v) is 22.1. The van der Waals surface area contributed by atoms with Gasteiger partial charge in [-0.3, -0.25) is 0 Å². The minimum Gasteiger partial charge on any atom is -0.497 e. The van der Waals surface area contributed by atoms with Crippen molar-refractivity contribution in [2.75, 3.05) is 59.7 Å². The monoisotopic (exact) mass is 498 g/mol. The molecule has 1 aromatic heterocycles. The van der Waals surface area contributed by atoms with Gasteiger partial charge in [0.1, 0.15) is 5.75 Å². The molecule has 2 aromatic rings. The average Bonchev–Trinajstić information content (AvgIpc) is 3.21. The van der Waals surface area contributed by atoms with Crippen LogP contribution in [0.3, 0.4) is 0 Å². The van der Waals surface area contributed by atoms with Gasteiger partial charge < -0.3 is 34.3 Å². The minimum atomic E-state index is -0.369. The molecule has 198 valence electrons. The highest BCUT2D eigenvalue weighted by atomic mass is 16.5. The van der Waals surface area contributed by atoms with Gasteiger partial charge in [-0.2, -0.15) is 0 Å². The third-order valence-corrected chi connectivity index (χ3v) is 8.78. The molecule has 5 rings (SSSR count). The number of methoxy groups -OCH3 is 1. The Morgan fingerprint density at radius 1 is 1.25 bits per heavy atom. The van der Waals surface area contributed by atoms with Gasteiger partial charge in [0.05, 0.1) is 25.3 Å². The van der Waals surface area contributed by atoms with Crippen molar-refractivity contribution >= 4 is 16.9 Å². The summed E-state index contributed by atoms with van der Waals surface area (Å²) in [7, 11) is 3.75. The highest BCUT2D eigenvalue weighted by Crippen LogP contribution is 2.50. The molecule has 1 atom stereocenters. The van der Waals surface area contributed by atoms with Crippen molar-refractivity contribution in [2.45, 2.75) is 50.5 Å². The van der Waals surface area contributed by atoms with Gasteiger partial charge in [0.2, 0.25) is 0 Å². The summed E-state index contributed by atoms with van der Waals surface area (Å²) < 4.78 is 13.3. The quantitative estimate of drug-likeness (QED) is 0.638. The zero-order valence-electron chi connectivity index (χ0n) is 22.1. The molecule has 0 unspecified atom stereocenters. The molecule has 0 saturated carbocycles. The molecule has 1 spiro atoms. The molecule has 2 N–H and O–H groups in total. The number of rotatable bonds is 6. The van der Waals surface area contributed by atoms with Crippen molar-refractivity contribution < 1.29 is 19.4 Å². The molecule has 8 heteroatoms. The lowest BCUT2D eigenvalue weighted by molar-refractivity contribution is 0.0352. The summed E-state index contributed by atoms with van der Waals surface area (Å²) >= 11 is 0. The van der Waals surface area contributed by atoms with E-state index in [0.717, 1.165) is 87.8 Å². The van der Waals surface area contributed by atoms with Gasteiger partial charge in [-0.1, -0.05) is 6.92 Å². The fraction of sp³-hybridized carbons (Fsp3) is 0.679. The number of nitrogens with zero attached hydrogens (tertiary/aromatic N) is 3. The van der Waals surface area contributed by atoms with E-state index in [1.807, 2.05) is 11.0 Å². The van der Waals surface area contributed by atoms with Crippen LogP contribution in [-0.2, 0) is 17.2 Å². The predicted octanol–water partition coefficient (Wildman–Crippen LogP) is 3.42. The number of aromatic nitrogens is 1. The third-order valence-electron chi connectivity index (χ3n) is 8.78. The van der Waals surface area contributed by atoms with E-state index in [-0.39, 0.29) is 24.1 Å². The summed E-state index contributed by atoms with van der Waals surface area (Å²) in [6.45, 7) is 8.19. The second-order valence-corrected chi connectivity index (χ2v) is 10.9. The molecule has 3 aliphatic rings. The number of aryl methyl sites for hydroxylation is 1. The number of hydrogen-bond donors (Lipinski definition) is 2. The number of urea groups is 1. The van der Waals surface area contributed by atoms with E-state index in [1.54, 1.807) is 7.11 Å². The van der Waals surface area contributed by atoms with Gasteiger partial charge in [0.25, 0.3) is 0 Å². The molecule has 2 amide bonds. The average molecular weight is 499 g/mol. The summed E-state index contributed by atoms with van der Waals surface area (Å²) in [6.07, 6.45) is 5.20. The topological polar surface area (TPSA) is 79.2 Å². The van der Waals surface area contributed by atoms with E-state index in [4.69, 9.17) is 9.47 Å². The number of fused-ring (bicyclic) bond motifs is 4. The first kappa shape index (κ1) is 25.4. The number of likely N-dealkylation sites (tertiary alicyclic amines) is 1. The molecule has 36 heavy (non-hydrogen) atoms. The van der Waals surface area contributed by atoms with E-state index < -0.39 is 0 Å². The summed E-state index contributed by atoms with van der Waals surface area (Å²) in [5, 5.41) is 14.9. The van der Waals surface area contributed by atoms with Crippen LogP contribution in [0.2, 0.25) is 0 Å². The largest absolute Gasteiger partial charge is 0.497 e. The number of piperidine rings is 1. The second-order valence-electron chi connectivity index (χ2n) is 10.9. The second kappa shape index (κ2) is 10.6. The van der Waals surface area contributed by atoms with Crippen molar-refractivity contribution in [1.82, 2.24) is 19.7 Å². The third kappa shape index (κ3) is 4.48. The molecule has 1 aromatic carbocycles. The smallest absolute Gasteiger partial charge is 0.318 e. The van der Waals surface area contributed by atoms with Crippen LogP contribution in [0.5, 0.6) is 5.75 Å². The fourth-order valence-corrected chi connectivity index (χ4v) is 6.77. The van der Waals surface area contributed by atoms with Gasteiger partial charge in [-0.25, -0.2) is 4.79 Å². The number of carbonyl (C=O) groups excluding carboxylic acids is 1. The Labute approximate surface area is 214 Å². The van der Waals surface area contributed by atoms with Crippen LogP contribution in [0.1, 0.15) is 56.3 Å². The highest BCUT2D eigenvalue weighted by molar-refractivity contribution is 5.89. The van der Waals surface area contributed by atoms with Gasteiger partial charge in [-0.05, 0) is 68.8 Å². The van der Waals surface area contributed by atoms with Gasteiger partial charge in [-0.15, -0.1) is 0 Å². The number of aliphatic hydroxyl groups excluding tert-OH is 1. The van der Waals surface area contributed by atoms with Crippen LogP contribution in [0.15, 0.2) is 18.2 Å². The van der Waals surface area contributed by atoms with Crippen LogP contribution < -0.4 is 10.1 Å². The van der Waals surface area contributed by atoms with E-state index in [0.29, 0.717) is 13.1 Å². The van der Waals surface area contributed by atoms with Crippen LogP contribution in [0, 0.1) is 5.92 Å². The standard InChI is InChI=1S/C28H42N4O4/c1-4-11-29-27(34)32-19-28(9-12-31(13-10-28)17-20-7-14-36-15-8-20)25-22-6-5-21(35-3)16-23(22)30(2)26(25)24(32)18-33/h5-6,16,20,24,33H,4,7-15,17-19H2,1-3H3,(H,29,34)/t24-/m1/s1. The summed E-state index contributed by atoms with van der Waals surface area (Å²) in [6, 6.07) is 5.84. The van der Waals surface area contributed by atoms with Crippen LogP contribution >= 0.6 is 0 Å². The Morgan fingerprint density at radius 2 is 2.00 bits per heavy atom. The molecule has 3 aliphatic heterocycles. The first-order chi connectivity index (χ1) is 17.5. The van der Waals surface area contributed by atoms with Crippen molar-refractivity contribution in [3.8, 4) is 5.75 Å². The number of nitrogens with one attached hydrogen (secondary N) is 1. The van der Waals surface area contributed by atoms with Gasteiger partial charge >= 0.3 is 6.03 Å². The minimum absolute atomic E-state index is 0.0756. The lowest BCUT2D eigenvalue weighted by atomic mass is 9.68. The maximum Gasteiger partial charge on any atom is 0.318 e. The Bertz CT molecular complexity index is 1070. The maximum atomic E-state index is 13.4. The number of carbonyl (C=O) groups is 1. The molecule has 2 saturated heterocycles. The summed E-state index contributed by atoms with van der Waals surface area (Å²) in [5.41, 5.74) is 3.35. The summed E-state index contributed by atoms with van der Waals surface area (Å²) in [4.78, 5) is 17.9. The molecule has 0 bridgehead atoms. The maximum absolute atomic E-state index is 13.4. The molecule has 2 fully saturated rings. The predicted molar refractivity (Wildman–Crippen MR) is 141 cm³/mol. The van der Waals surface area contributed by atoms with Crippen molar-refractivity contribution in [3.05, 3.63) is 29.5 Å². The number of hydrogen-bond acceptors (Lipinski definition) is 5. The van der Waals surface area contributed by atoms with Crippen LogP contribution in [0.4, 0.5) is 4.79 Å². The van der Waals surface area contributed by atoms with Crippen molar-refractivity contribution in [1.29, 1.82) is 0 Å². The van der Waals surface area contributed by atoms with Crippen LogP contribution in [-0.4, -0.2) is 85.2 Å². The lowest BCUT2D eigenvalue weighted by Gasteiger charge is -2.50. The van der Waals surface area contributed by atoms with Gasteiger partial charge in [0, 0.05) is 62.5 Å².